The van der Waals surface area contributed by atoms with E-state index in [9.17, 15) is 28.1 Å². The number of ether oxygens (including phenoxy) is 1. The Bertz CT molecular complexity index is 1330. The van der Waals surface area contributed by atoms with Gasteiger partial charge in [-0.15, -0.1) is 0 Å². The van der Waals surface area contributed by atoms with Crippen molar-refractivity contribution in [3.8, 4) is 0 Å². The molecule has 0 aliphatic carbocycles. The number of rotatable bonds is 7. The third-order valence-corrected chi connectivity index (χ3v) is 6.69. The average Bonchev–Trinajstić information content (AvgIpc) is 3.03. The SMILES string of the molecule is COC(=O)Cn1c(=NC(=O)CS(=O)(=O)Cc2ccccc2)sc2cc([N+](=O)[O-])ccc21. The lowest BCUT2D eigenvalue weighted by atomic mass is 10.2. The van der Waals surface area contributed by atoms with Crippen molar-refractivity contribution >= 4 is 49.0 Å². The van der Waals surface area contributed by atoms with Crippen LogP contribution in [-0.4, -0.2) is 42.6 Å². The summed E-state index contributed by atoms with van der Waals surface area (Å²) < 4.78 is 31.2. The molecule has 3 rings (SSSR count). The topological polar surface area (TPSA) is 138 Å². The molecule has 0 N–H and O–H groups in total. The molecular formula is C19H17N3O7S2. The fourth-order valence-corrected chi connectivity index (χ4v) is 5.14. The van der Waals surface area contributed by atoms with Gasteiger partial charge in [0.25, 0.3) is 11.6 Å². The maximum Gasteiger partial charge on any atom is 0.325 e. The Morgan fingerprint density at radius 3 is 2.55 bits per heavy atom. The second-order valence-corrected chi connectivity index (χ2v) is 9.55. The van der Waals surface area contributed by atoms with Crippen molar-refractivity contribution in [2.24, 2.45) is 4.99 Å². The molecule has 0 fully saturated rings. The predicted molar refractivity (Wildman–Crippen MR) is 113 cm³/mol. The normalized spacial score (nSPS) is 12.1. The average molecular weight is 463 g/mol. The highest BCUT2D eigenvalue weighted by molar-refractivity contribution is 7.91. The monoisotopic (exact) mass is 463 g/mol. The number of sulfone groups is 1. The lowest BCUT2D eigenvalue weighted by Gasteiger charge is -2.04. The second-order valence-electron chi connectivity index (χ2n) is 6.48. The summed E-state index contributed by atoms with van der Waals surface area (Å²) in [5.74, 6) is -2.65. The van der Waals surface area contributed by atoms with Crippen LogP contribution in [0.2, 0.25) is 0 Å². The number of aromatic nitrogens is 1. The number of methoxy groups -OCH3 is 1. The van der Waals surface area contributed by atoms with Crippen molar-refractivity contribution in [2.75, 3.05) is 12.9 Å². The van der Waals surface area contributed by atoms with Crippen molar-refractivity contribution in [3.05, 3.63) is 69.0 Å². The van der Waals surface area contributed by atoms with Gasteiger partial charge < -0.3 is 9.30 Å². The van der Waals surface area contributed by atoms with Crippen LogP contribution in [0.3, 0.4) is 0 Å². The molecule has 1 aromatic heterocycles. The molecule has 1 heterocycles. The fraction of sp³-hybridized carbons (Fsp3) is 0.211. The lowest BCUT2D eigenvalue weighted by Crippen LogP contribution is -2.24. The minimum Gasteiger partial charge on any atom is -0.468 e. The van der Waals surface area contributed by atoms with Gasteiger partial charge in [-0.3, -0.25) is 19.7 Å². The van der Waals surface area contributed by atoms with Crippen molar-refractivity contribution in [1.82, 2.24) is 4.57 Å². The van der Waals surface area contributed by atoms with Crippen LogP contribution in [0.25, 0.3) is 10.2 Å². The number of hydrogen-bond acceptors (Lipinski definition) is 8. The van der Waals surface area contributed by atoms with Crippen LogP contribution in [0, 0.1) is 10.1 Å². The van der Waals surface area contributed by atoms with E-state index in [1.165, 1.54) is 29.9 Å². The maximum absolute atomic E-state index is 12.4. The molecule has 0 spiro atoms. The molecule has 0 unspecified atom stereocenters. The minimum absolute atomic E-state index is 0.0424. The van der Waals surface area contributed by atoms with Crippen molar-refractivity contribution in [2.45, 2.75) is 12.3 Å². The first kappa shape index (κ1) is 22.3. The van der Waals surface area contributed by atoms with Gasteiger partial charge in [0, 0.05) is 12.1 Å². The standard InChI is InChI=1S/C19H17N3O7S2/c1-29-18(24)10-21-15-8-7-14(22(25)26)9-16(15)30-19(21)20-17(23)12-31(27,28)11-13-5-3-2-4-6-13/h2-9H,10-12H2,1H3. The zero-order chi connectivity index (χ0) is 22.6. The maximum atomic E-state index is 12.4. The molecule has 0 atom stereocenters. The van der Waals surface area contributed by atoms with E-state index in [0.29, 0.717) is 15.8 Å². The summed E-state index contributed by atoms with van der Waals surface area (Å²) in [7, 11) is -2.58. The van der Waals surface area contributed by atoms with Gasteiger partial charge in [0.2, 0.25) is 0 Å². The summed E-state index contributed by atoms with van der Waals surface area (Å²) in [5.41, 5.74) is 0.812. The molecule has 0 bridgehead atoms. The number of nitrogens with zero attached hydrogens (tertiary/aromatic N) is 3. The Labute approximate surface area is 180 Å². The molecule has 12 heteroatoms. The largest absolute Gasteiger partial charge is 0.468 e. The first-order chi connectivity index (χ1) is 14.7. The Balaban J connectivity index is 1.97. The summed E-state index contributed by atoms with van der Waals surface area (Å²) in [6.45, 7) is -0.294. The number of nitro groups is 1. The highest BCUT2D eigenvalue weighted by Gasteiger charge is 2.19. The van der Waals surface area contributed by atoms with E-state index in [1.54, 1.807) is 30.3 Å². The molecule has 31 heavy (non-hydrogen) atoms. The Kier molecular flexibility index (Phi) is 6.61. The number of hydrogen-bond donors (Lipinski definition) is 0. The number of fused-ring (bicyclic) bond motifs is 1. The molecule has 10 nitrogen and oxygen atoms in total. The van der Waals surface area contributed by atoms with Crippen LogP contribution in [0.15, 0.2) is 53.5 Å². The van der Waals surface area contributed by atoms with E-state index >= 15 is 0 Å². The molecule has 2 aromatic carbocycles. The molecular weight excluding hydrogens is 446 g/mol. The van der Waals surface area contributed by atoms with Crippen LogP contribution in [-0.2, 0) is 36.5 Å². The van der Waals surface area contributed by atoms with Gasteiger partial charge in [-0.1, -0.05) is 41.7 Å². The third kappa shape index (κ3) is 5.61. The summed E-state index contributed by atoms with van der Waals surface area (Å²) in [6, 6.07) is 12.4. The van der Waals surface area contributed by atoms with Gasteiger partial charge in [-0.25, -0.2) is 8.42 Å². The van der Waals surface area contributed by atoms with Crippen LogP contribution in [0.1, 0.15) is 5.56 Å². The Hall–Kier alpha value is -3.38. The van der Waals surface area contributed by atoms with Gasteiger partial charge in [-0.2, -0.15) is 4.99 Å². The molecule has 0 saturated carbocycles. The summed E-state index contributed by atoms with van der Waals surface area (Å²) in [5, 5.41) is 11.0. The molecule has 3 aromatic rings. The molecule has 0 radical (unpaired) electrons. The quantitative estimate of drug-likeness (QED) is 0.296. The first-order valence-corrected chi connectivity index (χ1v) is 11.5. The van der Waals surface area contributed by atoms with Crippen LogP contribution in [0.4, 0.5) is 5.69 Å². The smallest absolute Gasteiger partial charge is 0.325 e. The highest BCUT2D eigenvalue weighted by atomic mass is 32.2. The van der Waals surface area contributed by atoms with E-state index in [-0.39, 0.29) is 22.8 Å². The van der Waals surface area contributed by atoms with Crippen LogP contribution in [0.5, 0.6) is 0 Å². The number of esters is 1. The summed E-state index contributed by atoms with van der Waals surface area (Å²) in [4.78, 5) is 38.6. The van der Waals surface area contributed by atoms with Gasteiger partial charge in [0.15, 0.2) is 14.6 Å². The van der Waals surface area contributed by atoms with Crippen LogP contribution < -0.4 is 4.80 Å². The molecule has 0 aliphatic rings. The van der Waals surface area contributed by atoms with Gasteiger partial charge >= 0.3 is 5.97 Å². The number of nitro benzene ring substituents is 1. The third-order valence-electron chi connectivity index (χ3n) is 4.19. The summed E-state index contributed by atoms with van der Waals surface area (Å²) in [6.07, 6.45) is 0. The van der Waals surface area contributed by atoms with Crippen LogP contribution >= 0.6 is 11.3 Å². The van der Waals surface area contributed by atoms with E-state index in [0.717, 1.165) is 11.3 Å². The van der Waals surface area contributed by atoms with Gasteiger partial charge in [0.05, 0.1) is 28.0 Å². The van der Waals surface area contributed by atoms with E-state index in [2.05, 4.69) is 9.73 Å². The Morgan fingerprint density at radius 1 is 1.19 bits per heavy atom. The number of amides is 1. The predicted octanol–water partition coefficient (Wildman–Crippen LogP) is 1.83. The number of non-ortho nitro benzene ring substituents is 1. The van der Waals surface area contributed by atoms with Gasteiger partial charge in [-0.05, 0) is 11.6 Å². The zero-order valence-electron chi connectivity index (χ0n) is 16.3. The van der Waals surface area contributed by atoms with E-state index in [1.807, 2.05) is 0 Å². The van der Waals surface area contributed by atoms with E-state index < -0.39 is 32.4 Å². The second kappa shape index (κ2) is 9.18. The number of thiazole rings is 1. The zero-order valence-corrected chi connectivity index (χ0v) is 17.9. The minimum atomic E-state index is -3.77. The van der Waals surface area contributed by atoms with E-state index in [4.69, 9.17) is 0 Å². The first-order valence-electron chi connectivity index (χ1n) is 8.85. The molecule has 162 valence electrons. The summed E-state index contributed by atoms with van der Waals surface area (Å²) >= 11 is 0.935. The number of benzene rings is 2. The lowest BCUT2D eigenvalue weighted by molar-refractivity contribution is -0.384. The van der Waals surface area contributed by atoms with Crippen molar-refractivity contribution in [1.29, 1.82) is 0 Å². The Morgan fingerprint density at radius 2 is 1.90 bits per heavy atom. The highest BCUT2D eigenvalue weighted by Crippen LogP contribution is 2.23. The molecule has 1 amide bonds. The number of carbonyl (C=O) groups excluding carboxylic acids is 2. The molecule has 0 saturated heterocycles. The van der Waals surface area contributed by atoms with Gasteiger partial charge in [0.1, 0.15) is 12.3 Å². The molecule has 0 aliphatic heterocycles. The fourth-order valence-electron chi connectivity index (χ4n) is 2.81. The number of carbonyl (C=O) groups is 2. The van der Waals surface area contributed by atoms with Crippen molar-refractivity contribution in [3.63, 3.8) is 0 Å². The van der Waals surface area contributed by atoms with Crippen molar-refractivity contribution < 1.29 is 27.7 Å².